The quantitative estimate of drug-likeness (QED) is 0.367. The highest BCUT2D eigenvalue weighted by atomic mass is 79.9. The van der Waals surface area contributed by atoms with Gasteiger partial charge in [0.2, 0.25) is 5.95 Å². The van der Waals surface area contributed by atoms with Crippen molar-refractivity contribution in [2.24, 2.45) is 0 Å². The van der Waals surface area contributed by atoms with Crippen molar-refractivity contribution in [2.75, 3.05) is 5.32 Å². The topological polar surface area (TPSA) is 66.9 Å². The van der Waals surface area contributed by atoms with Crippen molar-refractivity contribution in [1.29, 1.82) is 0 Å². The zero-order chi connectivity index (χ0) is 21.6. The van der Waals surface area contributed by atoms with Crippen molar-refractivity contribution in [2.45, 2.75) is 13.5 Å². The number of nitrogens with one attached hydrogen (secondary N) is 2. The summed E-state index contributed by atoms with van der Waals surface area (Å²) < 4.78 is 1.01. The summed E-state index contributed by atoms with van der Waals surface area (Å²) in [5, 5.41) is 6.10. The normalized spacial score (nSPS) is 10.5. The van der Waals surface area contributed by atoms with Crippen LogP contribution < -0.4 is 10.6 Å². The number of carbonyl (C=O) groups is 1. The molecule has 31 heavy (non-hydrogen) atoms. The van der Waals surface area contributed by atoms with E-state index < -0.39 is 0 Å². The van der Waals surface area contributed by atoms with E-state index in [1.54, 1.807) is 24.5 Å². The third kappa shape index (κ3) is 5.55. The molecule has 5 nitrogen and oxygen atoms in total. The summed E-state index contributed by atoms with van der Waals surface area (Å²) in [6, 6.07) is 23.4. The summed E-state index contributed by atoms with van der Waals surface area (Å²) in [5.41, 5.74) is 5.59. The van der Waals surface area contributed by atoms with Crippen LogP contribution in [0.2, 0.25) is 0 Å². The zero-order valence-electron chi connectivity index (χ0n) is 17.0. The van der Waals surface area contributed by atoms with Crippen LogP contribution in [0.1, 0.15) is 21.5 Å². The molecule has 0 fully saturated rings. The van der Waals surface area contributed by atoms with Gasteiger partial charge in [0.15, 0.2) is 0 Å². The first-order valence-electron chi connectivity index (χ1n) is 9.86. The van der Waals surface area contributed by atoms with Crippen molar-refractivity contribution in [3.05, 3.63) is 106 Å². The molecule has 0 radical (unpaired) electrons. The summed E-state index contributed by atoms with van der Waals surface area (Å²) in [7, 11) is 0. The van der Waals surface area contributed by atoms with E-state index in [0.29, 0.717) is 18.1 Å². The van der Waals surface area contributed by atoms with Crippen LogP contribution in [-0.4, -0.2) is 15.9 Å². The Labute approximate surface area is 189 Å². The SMILES string of the molecule is Cc1ccc(-c2cnc(Nc3cccc(C(=O)NCc4ccc(Br)cc4)c3)nc2)cc1. The molecule has 0 saturated carbocycles. The Hall–Kier alpha value is -3.51. The van der Waals surface area contributed by atoms with Gasteiger partial charge in [0, 0.05) is 40.2 Å². The fourth-order valence-corrected chi connectivity index (χ4v) is 3.31. The molecule has 0 atom stereocenters. The summed E-state index contributed by atoms with van der Waals surface area (Å²) in [4.78, 5) is 21.3. The van der Waals surface area contributed by atoms with Crippen LogP contribution in [0.3, 0.4) is 0 Å². The van der Waals surface area contributed by atoms with Crippen LogP contribution in [-0.2, 0) is 6.54 Å². The number of nitrogens with zero attached hydrogens (tertiary/aromatic N) is 2. The maximum atomic E-state index is 12.5. The van der Waals surface area contributed by atoms with Crippen molar-refractivity contribution in [3.8, 4) is 11.1 Å². The number of halogens is 1. The number of benzene rings is 3. The van der Waals surface area contributed by atoms with Crippen LogP contribution in [0.5, 0.6) is 0 Å². The second-order valence-corrected chi connectivity index (χ2v) is 8.09. The fourth-order valence-electron chi connectivity index (χ4n) is 3.04. The Bertz CT molecular complexity index is 1170. The molecule has 1 aromatic heterocycles. The molecule has 0 aliphatic heterocycles. The number of hydrogen-bond donors (Lipinski definition) is 2. The van der Waals surface area contributed by atoms with E-state index in [-0.39, 0.29) is 5.91 Å². The van der Waals surface area contributed by atoms with Gasteiger partial charge in [0.1, 0.15) is 0 Å². The first kappa shape index (κ1) is 20.8. The minimum atomic E-state index is -0.137. The predicted molar refractivity (Wildman–Crippen MR) is 127 cm³/mol. The number of amides is 1. The molecule has 4 aromatic rings. The summed E-state index contributed by atoms with van der Waals surface area (Å²) in [6.45, 7) is 2.52. The van der Waals surface area contributed by atoms with Crippen molar-refractivity contribution < 1.29 is 4.79 Å². The Kier molecular flexibility index (Phi) is 6.38. The highest BCUT2D eigenvalue weighted by Crippen LogP contribution is 2.20. The molecule has 0 unspecified atom stereocenters. The highest BCUT2D eigenvalue weighted by molar-refractivity contribution is 9.10. The number of aromatic nitrogens is 2. The molecule has 0 bridgehead atoms. The minimum Gasteiger partial charge on any atom is -0.348 e. The van der Waals surface area contributed by atoms with Gasteiger partial charge < -0.3 is 10.6 Å². The fraction of sp³-hybridized carbons (Fsp3) is 0.0800. The van der Waals surface area contributed by atoms with Crippen LogP contribution in [0.4, 0.5) is 11.6 Å². The predicted octanol–water partition coefficient (Wildman–Crippen LogP) is 5.89. The van der Waals surface area contributed by atoms with Gasteiger partial charge >= 0.3 is 0 Å². The van der Waals surface area contributed by atoms with Crippen LogP contribution in [0, 0.1) is 6.92 Å². The molecule has 4 rings (SSSR count). The van der Waals surface area contributed by atoms with E-state index in [9.17, 15) is 4.79 Å². The maximum Gasteiger partial charge on any atom is 0.251 e. The highest BCUT2D eigenvalue weighted by Gasteiger charge is 2.07. The Balaban J connectivity index is 1.40. The smallest absolute Gasteiger partial charge is 0.251 e. The monoisotopic (exact) mass is 472 g/mol. The van der Waals surface area contributed by atoms with Gasteiger partial charge in [-0.3, -0.25) is 4.79 Å². The van der Waals surface area contributed by atoms with Gasteiger partial charge in [-0.05, 0) is 48.4 Å². The van der Waals surface area contributed by atoms with Gasteiger partial charge in [-0.25, -0.2) is 9.97 Å². The van der Waals surface area contributed by atoms with E-state index in [1.807, 2.05) is 36.4 Å². The Morgan fingerprint density at radius 1 is 0.903 bits per heavy atom. The number of hydrogen-bond acceptors (Lipinski definition) is 4. The second-order valence-electron chi connectivity index (χ2n) is 7.18. The lowest BCUT2D eigenvalue weighted by Crippen LogP contribution is -2.22. The third-order valence-corrected chi connectivity index (χ3v) is 5.31. The van der Waals surface area contributed by atoms with Crippen molar-refractivity contribution >= 4 is 33.5 Å². The van der Waals surface area contributed by atoms with Gasteiger partial charge in [-0.2, -0.15) is 0 Å². The van der Waals surface area contributed by atoms with Crippen LogP contribution in [0.25, 0.3) is 11.1 Å². The summed E-state index contributed by atoms with van der Waals surface area (Å²) in [6.07, 6.45) is 3.57. The Morgan fingerprint density at radius 2 is 1.61 bits per heavy atom. The zero-order valence-corrected chi connectivity index (χ0v) is 18.6. The maximum absolute atomic E-state index is 12.5. The van der Waals surface area contributed by atoms with Crippen molar-refractivity contribution in [1.82, 2.24) is 15.3 Å². The molecule has 0 aliphatic carbocycles. The van der Waals surface area contributed by atoms with Gasteiger partial charge in [0.25, 0.3) is 5.91 Å². The molecule has 0 aliphatic rings. The lowest BCUT2D eigenvalue weighted by Gasteiger charge is -2.09. The first-order valence-corrected chi connectivity index (χ1v) is 10.6. The summed E-state index contributed by atoms with van der Waals surface area (Å²) >= 11 is 3.41. The molecular weight excluding hydrogens is 452 g/mol. The standard InChI is InChI=1S/C25H21BrN4O/c1-17-5-9-19(10-6-17)21-15-28-25(29-16-21)30-23-4-2-3-20(13-23)24(31)27-14-18-7-11-22(26)12-8-18/h2-13,15-16H,14H2,1H3,(H,27,31)(H,28,29,30). The second kappa shape index (κ2) is 9.53. The molecule has 0 saturated heterocycles. The van der Waals surface area contributed by atoms with Gasteiger partial charge in [-0.15, -0.1) is 0 Å². The van der Waals surface area contributed by atoms with Gasteiger partial charge in [0.05, 0.1) is 0 Å². The average Bonchev–Trinajstić information content (AvgIpc) is 2.80. The third-order valence-electron chi connectivity index (χ3n) is 4.78. The molecule has 3 aromatic carbocycles. The van der Waals surface area contributed by atoms with E-state index in [4.69, 9.17) is 0 Å². The largest absolute Gasteiger partial charge is 0.348 e. The molecule has 2 N–H and O–H groups in total. The van der Waals surface area contributed by atoms with E-state index in [1.165, 1.54) is 5.56 Å². The van der Waals surface area contributed by atoms with E-state index in [2.05, 4.69) is 67.7 Å². The first-order chi connectivity index (χ1) is 15.1. The van der Waals surface area contributed by atoms with Crippen LogP contribution >= 0.6 is 15.9 Å². The van der Waals surface area contributed by atoms with Gasteiger partial charge in [-0.1, -0.05) is 64.0 Å². The molecule has 154 valence electrons. The lowest BCUT2D eigenvalue weighted by molar-refractivity contribution is 0.0951. The van der Waals surface area contributed by atoms with E-state index in [0.717, 1.165) is 26.9 Å². The number of aryl methyl sites for hydroxylation is 1. The molecule has 1 heterocycles. The van der Waals surface area contributed by atoms with E-state index >= 15 is 0 Å². The van der Waals surface area contributed by atoms with Crippen molar-refractivity contribution in [3.63, 3.8) is 0 Å². The molecule has 0 spiro atoms. The number of carbonyl (C=O) groups excluding carboxylic acids is 1. The Morgan fingerprint density at radius 3 is 2.32 bits per heavy atom. The minimum absolute atomic E-state index is 0.137. The van der Waals surface area contributed by atoms with Crippen LogP contribution in [0.15, 0.2) is 89.7 Å². The lowest BCUT2D eigenvalue weighted by atomic mass is 10.1. The average molecular weight is 473 g/mol. The molecule has 1 amide bonds. The summed E-state index contributed by atoms with van der Waals surface area (Å²) in [5.74, 6) is 0.338. The number of anilines is 2. The molecule has 6 heteroatoms. The number of rotatable bonds is 6. The molecular formula is C25H21BrN4O.